The normalized spacial score (nSPS) is 16.0. The maximum atomic E-state index is 12.9. The Labute approximate surface area is 155 Å². The molecule has 1 saturated carbocycles. The fraction of sp³-hybridized carbons (Fsp3) is 0.364. The molecule has 2 amide bonds. The topological polar surface area (TPSA) is 58.2 Å². The highest BCUT2D eigenvalue weighted by Gasteiger charge is 2.56. The molecule has 0 aliphatic heterocycles. The molecule has 1 atom stereocenters. The Hall–Kier alpha value is -2.62. The number of hydrogen-bond acceptors (Lipinski definition) is 2. The van der Waals surface area contributed by atoms with E-state index in [0.717, 1.165) is 16.8 Å². The van der Waals surface area contributed by atoms with Crippen LogP contribution < -0.4 is 10.6 Å². The number of amides is 2. The third-order valence-corrected chi connectivity index (χ3v) is 5.10. The van der Waals surface area contributed by atoms with E-state index >= 15 is 0 Å². The third-order valence-electron chi connectivity index (χ3n) is 5.10. The van der Waals surface area contributed by atoms with Gasteiger partial charge in [0.15, 0.2) is 0 Å². The van der Waals surface area contributed by atoms with Gasteiger partial charge in [-0.3, -0.25) is 9.59 Å². The van der Waals surface area contributed by atoms with E-state index in [0.29, 0.717) is 18.8 Å². The van der Waals surface area contributed by atoms with Gasteiger partial charge in [-0.2, -0.15) is 0 Å². The van der Waals surface area contributed by atoms with Crippen LogP contribution in [-0.2, 0) is 9.59 Å². The molecule has 2 N–H and O–H groups in total. The van der Waals surface area contributed by atoms with E-state index in [2.05, 4.69) is 24.5 Å². The standard InChI is InChI=1S/C22H26N2O2/c1-15(2)18-11-7-8-12-19(18)24-21(26)22(13-14-22)20(25)23-16(3)17-9-5-4-6-10-17/h4-12,15-16H,13-14H2,1-3H3,(H,23,25)(H,24,26). The van der Waals surface area contributed by atoms with E-state index in [1.165, 1.54) is 0 Å². The van der Waals surface area contributed by atoms with Crippen molar-refractivity contribution in [3.63, 3.8) is 0 Å². The Morgan fingerprint density at radius 1 is 0.885 bits per heavy atom. The number of nitrogens with one attached hydrogen (secondary N) is 2. The number of benzene rings is 2. The van der Waals surface area contributed by atoms with Crippen molar-refractivity contribution in [2.75, 3.05) is 5.32 Å². The highest BCUT2D eigenvalue weighted by atomic mass is 16.2. The van der Waals surface area contributed by atoms with E-state index < -0.39 is 5.41 Å². The summed E-state index contributed by atoms with van der Waals surface area (Å²) in [5.74, 6) is -0.0923. The zero-order valence-corrected chi connectivity index (χ0v) is 15.6. The molecule has 0 heterocycles. The molecule has 0 spiro atoms. The van der Waals surface area contributed by atoms with Gasteiger partial charge in [-0.25, -0.2) is 0 Å². The molecule has 1 aliphatic carbocycles. The van der Waals surface area contributed by atoms with E-state index in [4.69, 9.17) is 0 Å². The van der Waals surface area contributed by atoms with Gasteiger partial charge in [0, 0.05) is 5.69 Å². The Morgan fingerprint density at radius 2 is 1.50 bits per heavy atom. The monoisotopic (exact) mass is 350 g/mol. The molecule has 26 heavy (non-hydrogen) atoms. The molecule has 4 heteroatoms. The summed E-state index contributed by atoms with van der Waals surface area (Å²) >= 11 is 0. The highest BCUT2D eigenvalue weighted by molar-refractivity contribution is 6.13. The lowest BCUT2D eigenvalue weighted by molar-refractivity contribution is -0.134. The van der Waals surface area contributed by atoms with Crippen LogP contribution in [0.25, 0.3) is 0 Å². The van der Waals surface area contributed by atoms with Crippen LogP contribution in [0.1, 0.15) is 56.7 Å². The van der Waals surface area contributed by atoms with Gasteiger partial charge in [0.2, 0.25) is 11.8 Å². The zero-order valence-electron chi connectivity index (χ0n) is 15.6. The van der Waals surface area contributed by atoms with Crippen molar-refractivity contribution < 1.29 is 9.59 Å². The summed E-state index contributed by atoms with van der Waals surface area (Å²) < 4.78 is 0. The molecule has 1 aliphatic rings. The second-order valence-corrected chi connectivity index (χ2v) is 7.38. The Morgan fingerprint density at radius 3 is 2.12 bits per heavy atom. The minimum absolute atomic E-state index is 0.128. The minimum Gasteiger partial charge on any atom is -0.349 e. The van der Waals surface area contributed by atoms with Crippen LogP contribution in [0, 0.1) is 5.41 Å². The predicted molar refractivity (Wildman–Crippen MR) is 104 cm³/mol. The molecule has 0 saturated heterocycles. The van der Waals surface area contributed by atoms with E-state index in [9.17, 15) is 9.59 Å². The Kier molecular flexibility index (Phi) is 5.12. The molecule has 2 aromatic carbocycles. The lowest BCUT2D eigenvalue weighted by Crippen LogP contribution is -2.41. The largest absolute Gasteiger partial charge is 0.349 e. The number of carbonyl (C=O) groups excluding carboxylic acids is 2. The van der Waals surface area contributed by atoms with Crippen molar-refractivity contribution in [3.8, 4) is 0 Å². The van der Waals surface area contributed by atoms with Gasteiger partial charge in [0.1, 0.15) is 5.41 Å². The summed E-state index contributed by atoms with van der Waals surface area (Å²) in [6.45, 7) is 6.12. The van der Waals surface area contributed by atoms with Crippen molar-refractivity contribution in [1.82, 2.24) is 5.32 Å². The molecular formula is C22H26N2O2. The van der Waals surface area contributed by atoms with Crippen LogP contribution >= 0.6 is 0 Å². The first-order valence-electron chi connectivity index (χ1n) is 9.20. The second-order valence-electron chi connectivity index (χ2n) is 7.38. The fourth-order valence-corrected chi connectivity index (χ4v) is 3.20. The first-order chi connectivity index (χ1) is 12.4. The molecule has 0 aromatic heterocycles. The number of rotatable bonds is 6. The van der Waals surface area contributed by atoms with Crippen LogP contribution in [0.5, 0.6) is 0 Å². The van der Waals surface area contributed by atoms with Gasteiger partial charge < -0.3 is 10.6 Å². The highest BCUT2D eigenvalue weighted by Crippen LogP contribution is 2.47. The first-order valence-corrected chi connectivity index (χ1v) is 9.20. The molecule has 1 unspecified atom stereocenters. The second kappa shape index (κ2) is 7.32. The Bertz CT molecular complexity index is 795. The van der Waals surface area contributed by atoms with Gasteiger partial charge in [-0.05, 0) is 42.9 Å². The molecule has 1 fully saturated rings. The maximum Gasteiger partial charge on any atom is 0.240 e. The minimum atomic E-state index is -0.937. The van der Waals surface area contributed by atoms with Gasteiger partial charge in [0.25, 0.3) is 0 Å². The number of hydrogen-bond donors (Lipinski definition) is 2. The number of carbonyl (C=O) groups is 2. The molecule has 0 bridgehead atoms. The SMILES string of the molecule is CC(C)c1ccccc1NC(=O)C1(C(=O)NC(C)c2ccccc2)CC1. The van der Waals surface area contributed by atoms with Crippen LogP contribution in [0.4, 0.5) is 5.69 Å². The quantitative estimate of drug-likeness (QED) is 0.758. The summed E-state index contributed by atoms with van der Waals surface area (Å²) in [5, 5.41) is 5.99. The first kappa shape index (κ1) is 18.2. The van der Waals surface area contributed by atoms with Crippen molar-refractivity contribution in [3.05, 3.63) is 65.7 Å². The van der Waals surface area contributed by atoms with Crippen molar-refractivity contribution in [2.45, 2.75) is 45.6 Å². The van der Waals surface area contributed by atoms with Gasteiger partial charge >= 0.3 is 0 Å². The summed E-state index contributed by atoms with van der Waals surface area (Å²) in [4.78, 5) is 25.6. The number of anilines is 1. The maximum absolute atomic E-state index is 12.9. The smallest absolute Gasteiger partial charge is 0.240 e. The van der Waals surface area contributed by atoms with Crippen LogP contribution in [0.15, 0.2) is 54.6 Å². The van der Waals surface area contributed by atoms with Crippen molar-refractivity contribution in [2.24, 2.45) is 5.41 Å². The average Bonchev–Trinajstić information content (AvgIpc) is 3.45. The lowest BCUT2D eigenvalue weighted by Gasteiger charge is -2.21. The third kappa shape index (κ3) is 3.64. The van der Waals surface area contributed by atoms with E-state index in [-0.39, 0.29) is 17.9 Å². The van der Waals surface area contributed by atoms with Crippen LogP contribution in [0.2, 0.25) is 0 Å². The van der Waals surface area contributed by atoms with Gasteiger partial charge in [0.05, 0.1) is 6.04 Å². The average molecular weight is 350 g/mol. The molecule has 2 aromatic rings. The van der Waals surface area contributed by atoms with Gasteiger partial charge in [-0.15, -0.1) is 0 Å². The lowest BCUT2D eigenvalue weighted by atomic mass is 9.99. The molecule has 4 nitrogen and oxygen atoms in total. The van der Waals surface area contributed by atoms with Gasteiger partial charge in [-0.1, -0.05) is 62.4 Å². The summed E-state index contributed by atoms with van der Waals surface area (Å²) in [7, 11) is 0. The zero-order chi connectivity index (χ0) is 18.7. The predicted octanol–water partition coefficient (Wildman–Crippen LogP) is 4.41. The molecule has 3 rings (SSSR count). The van der Waals surface area contributed by atoms with Crippen LogP contribution in [-0.4, -0.2) is 11.8 Å². The fourth-order valence-electron chi connectivity index (χ4n) is 3.20. The van der Waals surface area contributed by atoms with E-state index in [1.807, 2.05) is 61.5 Å². The Balaban J connectivity index is 1.70. The molecule has 0 radical (unpaired) electrons. The number of para-hydroxylation sites is 1. The van der Waals surface area contributed by atoms with Crippen molar-refractivity contribution >= 4 is 17.5 Å². The molecule has 136 valence electrons. The van der Waals surface area contributed by atoms with Crippen LogP contribution in [0.3, 0.4) is 0 Å². The van der Waals surface area contributed by atoms with Crippen molar-refractivity contribution in [1.29, 1.82) is 0 Å². The van der Waals surface area contributed by atoms with E-state index in [1.54, 1.807) is 0 Å². The summed E-state index contributed by atoms with van der Waals surface area (Å²) in [5.41, 5.74) is 1.97. The summed E-state index contributed by atoms with van der Waals surface area (Å²) in [6, 6.07) is 17.4. The summed E-state index contributed by atoms with van der Waals surface area (Å²) in [6.07, 6.45) is 1.19. The molecular weight excluding hydrogens is 324 g/mol.